The van der Waals surface area contributed by atoms with Gasteiger partial charge in [-0.15, -0.1) is 0 Å². The second-order valence-electron chi connectivity index (χ2n) is 5.31. The summed E-state index contributed by atoms with van der Waals surface area (Å²) >= 11 is 6.20. The number of aromatic nitrogens is 4. The van der Waals surface area contributed by atoms with Crippen molar-refractivity contribution in [2.45, 2.75) is 13.2 Å². The molecule has 0 fully saturated rings. The fraction of sp³-hybridized carbons (Fsp3) is 0.235. The SMILES string of the molecule is COc1cccc(CNc2nnnn2C)c1OCc1ccccc1Cl. The number of halogens is 1. The predicted octanol–water partition coefficient (Wildman–Crippen LogP) is 3.06. The highest BCUT2D eigenvalue weighted by atomic mass is 35.5. The Balaban J connectivity index is 1.79. The third-order valence-corrected chi connectivity index (χ3v) is 4.04. The van der Waals surface area contributed by atoms with Gasteiger partial charge in [-0.2, -0.15) is 0 Å². The van der Waals surface area contributed by atoms with E-state index in [1.807, 2.05) is 42.5 Å². The van der Waals surface area contributed by atoms with E-state index in [1.54, 1.807) is 18.8 Å². The summed E-state index contributed by atoms with van der Waals surface area (Å²) in [5.41, 5.74) is 1.83. The number of benzene rings is 2. The number of nitrogens with zero attached hydrogens (tertiary/aromatic N) is 4. The van der Waals surface area contributed by atoms with Gasteiger partial charge in [0.15, 0.2) is 11.5 Å². The zero-order valence-corrected chi connectivity index (χ0v) is 14.7. The minimum absolute atomic E-state index is 0.346. The van der Waals surface area contributed by atoms with E-state index in [0.717, 1.165) is 11.1 Å². The summed E-state index contributed by atoms with van der Waals surface area (Å²) in [4.78, 5) is 0. The Hall–Kier alpha value is -2.80. The van der Waals surface area contributed by atoms with Crippen LogP contribution in [0.25, 0.3) is 0 Å². The third kappa shape index (κ3) is 4.00. The minimum Gasteiger partial charge on any atom is -0.493 e. The molecular formula is C17H18ClN5O2. The highest BCUT2D eigenvalue weighted by Gasteiger charge is 2.13. The molecule has 1 aromatic heterocycles. The Morgan fingerprint density at radius 1 is 1.12 bits per heavy atom. The topological polar surface area (TPSA) is 74.1 Å². The lowest BCUT2D eigenvalue weighted by atomic mass is 10.1. The summed E-state index contributed by atoms with van der Waals surface area (Å²) in [6.07, 6.45) is 0. The van der Waals surface area contributed by atoms with Gasteiger partial charge in [0, 0.05) is 29.7 Å². The molecule has 0 saturated heterocycles. The van der Waals surface area contributed by atoms with Crippen molar-refractivity contribution in [2.24, 2.45) is 7.05 Å². The van der Waals surface area contributed by atoms with E-state index < -0.39 is 0 Å². The van der Waals surface area contributed by atoms with Crippen LogP contribution in [0.4, 0.5) is 5.95 Å². The van der Waals surface area contributed by atoms with E-state index in [4.69, 9.17) is 21.1 Å². The number of hydrogen-bond donors (Lipinski definition) is 1. The summed E-state index contributed by atoms with van der Waals surface area (Å²) in [6.45, 7) is 0.835. The number of para-hydroxylation sites is 1. The molecular weight excluding hydrogens is 342 g/mol. The number of tetrazole rings is 1. The Kier molecular flexibility index (Phi) is 5.35. The predicted molar refractivity (Wildman–Crippen MR) is 94.9 cm³/mol. The van der Waals surface area contributed by atoms with Crippen LogP contribution in [0.3, 0.4) is 0 Å². The van der Waals surface area contributed by atoms with Gasteiger partial charge in [-0.1, -0.05) is 47.0 Å². The van der Waals surface area contributed by atoms with Crippen molar-refractivity contribution < 1.29 is 9.47 Å². The van der Waals surface area contributed by atoms with E-state index in [9.17, 15) is 0 Å². The summed E-state index contributed by atoms with van der Waals surface area (Å²) < 4.78 is 13.0. The van der Waals surface area contributed by atoms with E-state index >= 15 is 0 Å². The standard InChI is InChI=1S/C17H18ClN5O2/c1-23-17(20-21-22-23)19-10-12-7-5-9-15(24-2)16(12)25-11-13-6-3-4-8-14(13)18/h3-9H,10-11H2,1-2H3,(H,19,20,22). The first kappa shape index (κ1) is 17.0. The average Bonchev–Trinajstić information content (AvgIpc) is 3.04. The molecule has 1 heterocycles. The molecule has 2 aromatic carbocycles. The Morgan fingerprint density at radius 3 is 2.64 bits per heavy atom. The van der Waals surface area contributed by atoms with Crippen molar-refractivity contribution in [3.05, 3.63) is 58.6 Å². The number of ether oxygens (including phenoxy) is 2. The van der Waals surface area contributed by atoms with E-state index in [2.05, 4.69) is 20.8 Å². The average molecular weight is 360 g/mol. The second kappa shape index (κ2) is 7.85. The molecule has 0 amide bonds. The molecule has 3 aromatic rings. The first-order chi connectivity index (χ1) is 12.2. The maximum Gasteiger partial charge on any atom is 0.242 e. The zero-order chi connectivity index (χ0) is 17.6. The molecule has 8 heteroatoms. The molecule has 0 aliphatic rings. The van der Waals surface area contributed by atoms with Crippen molar-refractivity contribution in [3.8, 4) is 11.5 Å². The molecule has 0 aliphatic carbocycles. The van der Waals surface area contributed by atoms with Crippen LogP contribution in [0, 0.1) is 0 Å². The Morgan fingerprint density at radius 2 is 1.92 bits per heavy atom. The maximum absolute atomic E-state index is 6.20. The van der Waals surface area contributed by atoms with Crippen LogP contribution in [-0.2, 0) is 20.2 Å². The molecule has 25 heavy (non-hydrogen) atoms. The Bertz CT molecular complexity index is 853. The third-order valence-electron chi connectivity index (χ3n) is 3.67. The van der Waals surface area contributed by atoms with Crippen LogP contribution in [0.15, 0.2) is 42.5 Å². The summed E-state index contributed by atoms with van der Waals surface area (Å²) in [5, 5.41) is 15.2. The number of aryl methyl sites for hydroxylation is 1. The first-order valence-electron chi connectivity index (χ1n) is 7.67. The van der Waals surface area contributed by atoms with Crippen molar-refractivity contribution in [3.63, 3.8) is 0 Å². The maximum atomic E-state index is 6.20. The van der Waals surface area contributed by atoms with Crippen LogP contribution >= 0.6 is 11.6 Å². The fourth-order valence-electron chi connectivity index (χ4n) is 2.34. The molecule has 0 spiro atoms. The van der Waals surface area contributed by atoms with Gasteiger partial charge in [-0.3, -0.25) is 0 Å². The quantitative estimate of drug-likeness (QED) is 0.698. The van der Waals surface area contributed by atoms with Crippen molar-refractivity contribution in [1.29, 1.82) is 0 Å². The van der Waals surface area contributed by atoms with Gasteiger partial charge in [0.1, 0.15) is 6.61 Å². The summed E-state index contributed by atoms with van der Waals surface area (Å²) in [6, 6.07) is 13.3. The van der Waals surface area contributed by atoms with Gasteiger partial charge in [-0.25, -0.2) is 4.68 Å². The lowest BCUT2D eigenvalue weighted by Crippen LogP contribution is -2.08. The van der Waals surface area contributed by atoms with Crippen molar-refractivity contribution >= 4 is 17.5 Å². The normalized spacial score (nSPS) is 10.5. The second-order valence-corrected chi connectivity index (χ2v) is 5.72. The lowest BCUT2D eigenvalue weighted by Gasteiger charge is -2.16. The van der Waals surface area contributed by atoms with Gasteiger partial charge in [0.05, 0.1) is 7.11 Å². The molecule has 7 nitrogen and oxygen atoms in total. The van der Waals surface area contributed by atoms with Crippen LogP contribution < -0.4 is 14.8 Å². The van der Waals surface area contributed by atoms with Gasteiger partial charge < -0.3 is 14.8 Å². The van der Waals surface area contributed by atoms with Crippen LogP contribution in [0.1, 0.15) is 11.1 Å². The number of anilines is 1. The van der Waals surface area contributed by atoms with Crippen LogP contribution in [0.2, 0.25) is 5.02 Å². The van der Waals surface area contributed by atoms with Crippen LogP contribution in [-0.4, -0.2) is 27.3 Å². The monoisotopic (exact) mass is 359 g/mol. The minimum atomic E-state index is 0.346. The van der Waals surface area contributed by atoms with Gasteiger partial charge in [0.25, 0.3) is 0 Å². The highest BCUT2D eigenvalue weighted by molar-refractivity contribution is 6.31. The Labute approximate surface area is 150 Å². The largest absolute Gasteiger partial charge is 0.493 e. The molecule has 0 saturated carbocycles. The van der Waals surface area contributed by atoms with Gasteiger partial charge in [-0.05, 0) is 22.6 Å². The molecule has 0 unspecified atom stereocenters. The smallest absolute Gasteiger partial charge is 0.242 e. The molecule has 0 atom stereocenters. The molecule has 130 valence electrons. The molecule has 0 aliphatic heterocycles. The number of methoxy groups -OCH3 is 1. The fourth-order valence-corrected chi connectivity index (χ4v) is 2.53. The molecule has 0 bridgehead atoms. The zero-order valence-electron chi connectivity index (χ0n) is 13.9. The van der Waals surface area contributed by atoms with E-state index in [1.165, 1.54) is 0 Å². The van der Waals surface area contributed by atoms with Crippen molar-refractivity contribution in [1.82, 2.24) is 20.2 Å². The summed E-state index contributed by atoms with van der Waals surface area (Å²) in [5.74, 6) is 1.88. The van der Waals surface area contributed by atoms with Gasteiger partial charge >= 0.3 is 0 Å². The first-order valence-corrected chi connectivity index (χ1v) is 8.05. The number of nitrogens with one attached hydrogen (secondary N) is 1. The molecule has 0 radical (unpaired) electrons. The van der Waals surface area contributed by atoms with Crippen molar-refractivity contribution in [2.75, 3.05) is 12.4 Å². The lowest BCUT2D eigenvalue weighted by molar-refractivity contribution is 0.282. The van der Waals surface area contributed by atoms with Crippen LogP contribution in [0.5, 0.6) is 11.5 Å². The van der Waals surface area contributed by atoms with E-state index in [-0.39, 0.29) is 0 Å². The number of hydrogen-bond acceptors (Lipinski definition) is 6. The molecule has 1 N–H and O–H groups in total. The summed E-state index contributed by atoms with van der Waals surface area (Å²) in [7, 11) is 3.38. The number of rotatable bonds is 7. The highest BCUT2D eigenvalue weighted by Crippen LogP contribution is 2.32. The molecule has 3 rings (SSSR count). The van der Waals surface area contributed by atoms with Gasteiger partial charge in [0.2, 0.25) is 5.95 Å². The van der Waals surface area contributed by atoms with E-state index in [0.29, 0.717) is 35.6 Å².